The molecule has 2 bridgehead atoms. The summed E-state index contributed by atoms with van der Waals surface area (Å²) in [5, 5.41) is 25.2. The van der Waals surface area contributed by atoms with Crippen molar-refractivity contribution in [3.63, 3.8) is 0 Å². The fourth-order valence-electron chi connectivity index (χ4n) is 6.00. The summed E-state index contributed by atoms with van der Waals surface area (Å²) in [6.45, 7) is -1.37. The van der Waals surface area contributed by atoms with Gasteiger partial charge in [0.15, 0.2) is 28.9 Å². The number of nitrogens with zero attached hydrogens (tertiary/aromatic N) is 7. The lowest BCUT2D eigenvalue weighted by molar-refractivity contribution is -0.0552. The maximum Gasteiger partial charge on any atom is 0.472 e. The smallest absolute Gasteiger partial charge is 0.390 e. The Morgan fingerprint density at radius 1 is 0.957 bits per heavy atom. The van der Waals surface area contributed by atoms with E-state index in [2.05, 4.69) is 35.2 Å². The molecular formula is C22H28N10O12P2. The number of aromatic amines is 1. The van der Waals surface area contributed by atoms with Gasteiger partial charge in [-0.05, 0) is 6.42 Å². The molecular weight excluding hydrogens is 658 g/mol. The molecule has 0 spiro atoms. The number of anilines is 2. The number of phosphoric ester groups is 2. The average molecular weight is 686 g/mol. The van der Waals surface area contributed by atoms with Crippen LogP contribution in [0.1, 0.15) is 18.7 Å². The summed E-state index contributed by atoms with van der Waals surface area (Å²) >= 11 is 0. The van der Waals surface area contributed by atoms with Crippen LogP contribution in [0.15, 0.2) is 23.8 Å². The Morgan fingerprint density at radius 3 is 2.41 bits per heavy atom. The first-order valence-corrected chi connectivity index (χ1v) is 16.8. The first-order chi connectivity index (χ1) is 21.9. The Balaban J connectivity index is 1.20. The van der Waals surface area contributed by atoms with E-state index in [1.807, 2.05) is 0 Å². The normalized spacial score (nSPS) is 37.1. The van der Waals surface area contributed by atoms with Gasteiger partial charge in [0, 0.05) is 13.0 Å². The van der Waals surface area contributed by atoms with Crippen LogP contribution in [-0.2, 0) is 32.0 Å². The summed E-state index contributed by atoms with van der Waals surface area (Å²) in [7, 11) is -8.38. The molecule has 6 heterocycles. The van der Waals surface area contributed by atoms with Crippen LogP contribution in [0.25, 0.3) is 22.3 Å². The van der Waals surface area contributed by atoms with Crippen molar-refractivity contribution >= 4 is 49.7 Å². The van der Waals surface area contributed by atoms with E-state index in [1.54, 1.807) is 7.05 Å². The molecule has 1 aliphatic carbocycles. The molecule has 4 aromatic rings. The lowest BCUT2D eigenvalue weighted by atomic mass is 10.1. The number of ether oxygens (including phenoxy) is 1. The van der Waals surface area contributed by atoms with E-state index in [4.69, 9.17) is 28.6 Å². The van der Waals surface area contributed by atoms with Crippen LogP contribution < -0.4 is 16.6 Å². The standard InChI is InChI=1S/C22H28N10O12P2/c1-24-17-11-18(26-5-25-17)32(7-27-11)21-14(34)16-10(42-21)4-41-46(38,39)43-15-9(2-8(13(15)33)3-40-45(36,37)44-16)31-6-28-12-19(31)29-22(23)30-20(12)35/h5-10,13-16,21,33-34H,2-4H2,1H3,(H,36,37)(H,38,39)(H,24,25,26)(H3,23,29,30,35)/t8-,9-,10-,13?,14?,15?,16?,21-/m1/s1. The number of imidazole rings is 2. The van der Waals surface area contributed by atoms with Crippen LogP contribution in [0.2, 0.25) is 0 Å². The lowest BCUT2D eigenvalue weighted by Crippen LogP contribution is -2.36. The maximum absolute atomic E-state index is 13.3. The highest BCUT2D eigenvalue weighted by atomic mass is 31.2. The number of aliphatic hydroxyl groups excluding tert-OH is 2. The van der Waals surface area contributed by atoms with Crippen LogP contribution in [0.3, 0.4) is 0 Å². The number of rotatable bonds is 3. The first kappa shape index (κ1) is 31.2. The van der Waals surface area contributed by atoms with E-state index < -0.39 is 83.1 Å². The molecule has 46 heavy (non-hydrogen) atoms. The van der Waals surface area contributed by atoms with E-state index in [0.29, 0.717) is 11.3 Å². The second-order valence-corrected chi connectivity index (χ2v) is 13.7. The molecule has 3 aliphatic rings. The molecule has 2 saturated heterocycles. The van der Waals surface area contributed by atoms with Crippen LogP contribution in [0, 0.1) is 5.92 Å². The fourth-order valence-corrected chi connectivity index (χ4v) is 7.98. The van der Waals surface area contributed by atoms with E-state index >= 15 is 0 Å². The fraction of sp³-hybridized carbons (Fsp3) is 0.545. The quantitative estimate of drug-likeness (QED) is 0.124. The van der Waals surface area contributed by atoms with E-state index in [-0.39, 0.29) is 29.2 Å². The topological polar surface area (TPSA) is 306 Å². The molecule has 1 saturated carbocycles. The highest BCUT2D eigenvalue weighted by molar-refractivity contribution is 7.47. The van der Waals surface area contributed by atoms with E-state index in [9.17, 15) is 33.9 Å². The van der Waals surface area contributed by atoms with Gasteiger partial charge in [0.25, 0.3) is 5.56 Å². The molecule has 6 unspecified atom stereocenters. The number of aliphatic hydroxyl groups is 2. The molecule has 22 nitrogen and oxygen atoms in total. The van der Waals surface area contributed by atoms with Crippen LogP contribution in [-0.4, -0.2) is 110 Å². The minimum Gasteiger partial charge on any atom is -0.390 e. The predicted molar refractivity (Wildman–Crippen MR) is 152 cm³/mol. The van der Waals surface area contributed by atoms with Gasteiger partial charge in [-0.2, -0.15) is 4.98 Å². The van der Waals surface area contributed by atoms with Gasteiger partial charge in [-0.3, -0.25) is 32.4 Å². The van der Waals surface area contributed by atoms with Gasteiger partial charge < -0.3 is 40.4 Å². The number of H-pyrrole nitrogens is 1. The SMILES string of the molecule is CNc1ncnc2c1ncn2[C@@H]1O[C@@H]2COP(=O)(O)OC3C(O)[C@@H](COP(=O)(O)OC2C1O)C[C@H]3n1cnc2c(=O)[nH]c(N)nc21. The number of nitrogens with one attached hydrogen (secondary N) is 2. The molecule has 10 atom stereocenters. The first-order valence-electron chi connectivity index (χ1n) is 13.8. The Morgan fingerprint density at radius 2 is 1.65 bits per heavy atom. The number of aromatic nitrogens is 8. The van der Waals surface area contributed by atoms with Crippen LogP contribution in [0.5, 0.6) is 0 Å². The lowest BCUT2D eigenvalue weighted by Gasteiger charge is -2.26. The van der Waals surface area contributed by atoms with Crippen molar-refractivity contribution in [2.75, 3.05) is 31.3 Å². The Kier molecular flexibility index (Phi) is 7.73. The highest BCUT2D eigenvalue weighted by Crippen LogP contribution is 2.55. The number of hydrogen-bond acceptors (Lipinski definition) is 17. The third kappa shape index (κ3) is 5.40. The van der Waals surface area contributed by atoms with Gasteiger partial charge in [-0.1, -0.05) is 0 Å². The maximum atomic E-state index is 13.3. The highest BCUT2D eigenvalue weighted by Gasteiger charge is 2.53. The number of fused-ring (bicyclic) bond motifs is 5. The summed E-state index contributed by atoms with van der Waals surface area (Å²) in [5.41, 5.74) is 5.54. The van der Waals surface area contributed by atoms with Crippen molar-refractivity contribution in [3.8, 4) is 0 Å². The monoisotopic (exact) mass is 686 g/mol. The van der Waals surface area contributed by atoms with Crippen molar-refractivity contribution in [2.24, 2.45) is 5.92 Å². The summed E-state index contributed by atoms with van der Waals surface area (Å²) in [6.07, 6.45) is -5.33. The molecule has 248 valence electrons. The molecule has 7 rings (SSSR count). The van der Waals surface area contributed by atoms with E-state index in [1.165, 1.54) is 28.1 Å². The van der Waals surface area contributed by atoms with Gasteiger partial charge in [-0.15, -0.1) is 0 Å². The van der Waals surface area contributed by atoms with Gasteiger partial charge in [0.05, 0.1) is 38.0 Å². The number of nitrogen functional groups attached to an aromatic ring is 1. The Labute approximate surface area is 256 Å². The molecule has 4 aromatic heterocycles. The number of nitrogens with two attached hydrogens (primary N) is 1. The summed E-state index contributed by atoms with van der Waals surface area (Å²) in [6, 6.07) is -0.992. The van der Waals surface area contributed by atoms with Crippen molar-refractivity contribution < 1.29 is 52.0 Å². The summed E-state index contributed by atoms with van der Waals surface area (Å²) in [5.74, 6) is -0.810. The zero-order chi connectivity index (χ0) is 32.5. The van der Waals surface area contributed by atoms with Gasteiger partial charge in [-0.25, -0.2) is 29.1 Å². The van der Waals surface area contributed by atoms with Crippen molar-refractivity contribution in [1.82, 2.24) is 39.0 Å². The predicted octanol–water partition coefficient (Wildman–Crippen LogP) is -1.22. The van der Waals surface area contributed by atoms with Crippen LogP contribution >= 0.6 is 15.6 Å². The number of hydrogen-bond donors (Lipinski definition) is 7. The van der Waals surface area contributed by atoms with Crippen molar-refractivity contribution in [2.45, 2.75) is 49.2 Å². The molecule has 0 radical (unpaired) electrons. The zero-order valence-electron chi connectivity index (χ0n) is 23.6. The number of phosphoric acid groups is 2. The van der Waals surface area contributed by atoms with Gasteiger partial charge >= 0.3 is 15.6 Å². The molecule has 24 heteroatoms. The largest absolute Gasteiger partial charge is 0.472 e. The molecule has 8 N–H and O–H groups in total. The average Bonchev–Trinajstić information content (AvgIpc) is 3.76. The molecule has 2 aliphatic heterocycles. The third-order valence-corrected chi connectivity index (χ3v) is 10.1. The molecule has 0 aromatic carbocycles. The van der Waals surface area contributed by atoms with Gasteiger partial charge in [0.2, 0.25) is 5.95 Å². The Hall–Kier alpha value is -3.40. The van der Waals surface area contributed by atoms with Crippen molar-refractivity contribution in [3.05, 3.63) is 29.3 Å². The van der Waals surface area contributed by atoms with Crippen LogP contribution in [0.4, 0.5) is 11.8 Å². The van der Waals surface area contributed by atoms with Gasteiger partial charge in [0.1, 0.15) is 36.3 Å². The second-order valence-electron chi connectivity index (χ2n) is 10.8. The second kappa shape index (κ2) is 11.4. The summed E-state index contributed by atoms with van der Waals surface area (Å²) in [4.78, 5) is 56.7. The minimum absolute atomic E-state index is 0.000880. The summed E-state index contributed by atoms with van der Waals surface area (Å²) < 4.78 is 56.3. The van der Waals surface area contributed by atoms with Crippen molar-refractivity contribution in [1.29, 1.82) is 0 Å². The minimum atomic E-state index is -5.03. The Bertz CT molecular complexity index is 1950. The zero-order valence-corrected chi connectivity index (χ0v) is 25.4. The third-order valence-electron chi connectivity index (χ3n) is 8.09. The molecule has 0 amide bonds. The van der Waals surface area contributed by atoms with E-state index in [0.717, 1.165) is 0 Å². The molecule has 3 fully saturated rings.